The lowest BCUT2D eigenvalue weighted by Gasteiger charge is -2.41. The molecule has 2 aromatic heterocycles. The Hall–Kier alpha value is -2.96. The minimum absolute atomic E-state index is 0.193. The molecule has 39 heavy (non-hydrogen) atoms. The van der Waals surface area contributed by atoms with Gasteiger partial charge < -0.3 is 4.98 Å². The van der Waals surface area contributed by atoms with E-state index in [4.69, 9.17) is 4.98 Å². The Kier molecular flexibility index (Phi) is 5.98. The van der Waals surface area contributed by atoms with Gasteiger partial charge >= 0.3 is 0 Å². The van der Waals surface area contributed by atoms with Gasteiger partial charge in [-0.15, -0.1) is 0 Å². The molecule has 0 spiro atoms. The first-order valence-electron chi connectivity index (χ1n) is 14.5. The molecule has 3 heterocycles. The molecule has 1 saturated carbocycles. The van der Waals surface area contributed by atoms with E-state index in [-0.39, 0.29) is 10.8 Å². The van der Waals surface area contributed by atoms with Gasteiger partial charge in [-0.3, -0.25) is 4.90 Å². The van der Waals surface area contributed by atoms with E-state index in [0.717, 1.165) is 53.4 Å². The van der Waals surface area contributed by atoms with Crippen LogP contribution in [-0.4, -0.2) is 46.7 Å². The van der Waals surface area contributed by atoms with Crippen LogP contribution in [0.25, 0.3) is 33.3 Å². The van der Waals surface area contributed by atoms with Crippen LogP contribution in [0.2, 0.25) is 0 Å². The van der Waals surface area contributed by atoms with Crippen molar-refractivity contribution in [1.29, 1.82) is 0 Å². The van der Waals surface area contributed by atoms with Crippen LogP contribution in [0.4, 0.5) is 0 Å². The van der Waals surface area contributed by atoms with Gasteiger partial charge in [0, 0.05) is 40.5 Å². The van der Waals surface area contributed by atoms with Crippen LogP contribution in [0.5, 0.6) is 0 Å². The van der Waals surface area contributed by atoms with Crippen molar-refractivity contribution < 1.29 is 8.42 Å². The standard InChI is InChI=1S/C33H37N3O2S/c1-22-4-3-17-36(22)33(2)15-13-23-5-6-25(18-26(23)14-16-33)27-19-30-31(21-35-32(30)34-20-27)24-7-9-28(10-8-24)39(37,38)29-11-12-29/h5-10,18-22,29H,3-4,11-17H2,1-2H3,(H,34,35)/t22-,33?/m1/s1. The number of benzene rings is 2. The van der Waals surface area contributed by atoms with Crippen molar-refractivity contribution in [3.8, 4) is 22.3 Å². The zero-order valence-corrected chi connectivity index (χ0v) is 23.7. The third-order valence-electron chi connectivity index (χ3n) is 9.64. The number of pyridine rings is 1. The molecule has 0 bridgehead atoms. The van der Waals surface area contributed by atoms with Gasteiger partial charge in [0.25, 0.3) is 0 Å². The summed E-state index contributed by atoms with van der Waals surface area (Å²) >= 11 is 0. The summed E-state index contributed by atoms with van der Waals surface area (Å²) in [5.41, 5.74) is 8.44. The minimum Gasteiger partial charge on any atom is -0.346 e. The highest BCUT2D eigenvalue weighted by molar-refractivity contribution is 7.92. The number of fused-ring (bicyclic) bond motifs is 2. The summed E-state index contributed by atoms with van der Waals surface area (Å²) in [6.45, 7) is 6.13. The van der Waals surface area contributed by atoms with Crippen LogP contribution >= 0.6 is 0 Å². The first kappa shape index (κ1) is 25.0. The van der Waals surface area contributed by atoms with Crippen molar-refractivity contribution >= 4 is 20.9 Å². The van der Waals surface area contributed by atoms with E-state index in [1.165, 1.54) is 48.9 Å². The molecule has 2 atom stereocenters. The van der Waals surface area contributed by atoms with Crippen molar-refractivity contribution in [1.82, 2.24) is 14.9 Å². The molecular formula is C33H37N3O2S. The molecule has 7 rings (SSSR count). The van der Waals surface area contributed by atoms with Crippen LogP contribution in [0.15, 0.2) is 65.8 Å². The predicted octanol–water partition coefficient (Wildman–Crippen LogP) is 6.95. The summed E-state index contributed by atoms with van der Waals surface area (Å²) in [5, 5.41) is 0.859. The molecule has 1 saturated heterocycles. The smallest absolute Gasteiger partial charge is 0.181 e. The molecule has 2 fully saturated rings. The van der Waals surface area contributed by atoms with E-state index in [2.05, 4.69) is 48.0 Å². The van der Waals surface area contributed by atoms with Gasteiger partial charge in [-0.2, -0.15) is 0 Å². The van der Waals surface area contributed by atoms with Gasteiger partial charge in [0.2, 0.25) is 0 Å². The number of likely N-dealkylation sites (tertiary alicyclic amines) is 1. The summed E-state index contributed by atoms with van der Waals surface area (Å²) in [6.07, 6.45) is 12.8. The topological polar surface area (TPSA) is 66.1 Å². The highest BCUT2D eigenvalue weighted by Crippen LogP contribution is 2.39. The van der Waals surface area contributed by atoms with Crippen LogP contribution in [0.1, 0.15) is 63.5 Å². The monoisotopic (exact) mass is 539 g/mol. The molecule has 202 valence electrons. The summed E-state index contributed by atoms with van der Waals surface area (Å²) in [5.74, 6) is 0. The quantitative estimate of drug-likeness (QED) is 0.279. The third kappa shape index (κ3) is 4.42. The lowest BCUT2D eigenvalue weighted by atomic mass is 9.89. The lowest BCUT2D eigenvalue weighted by Crippen LogP contribution is -2.48. The molecule has 0 radical (unpaired) electrons. The molecule has 2 aliphatic carbocycles. The first-order chi connectivity index (χ1) is 18.8. The Balaban J connectivity index is 1.17. The first-order valence-corrected chi connectivity index (χ1v) is 16.1. The molecule has 2 aromatic carbocycles. The highest BCUT2D eigenvalue weighted by atomic mass is 32.2. The second kappa shape index (κ2) is 9.31. The Morgan fingerprint density at radius 1 is 0.923 bits per heavy atom. The number of nitrogens with one attached hydrogen (secondary N) is 1. The molecule has 6 heteroatoms. The second-order valence-electron chi connectivity index (χ2n) is 12.3. The van der Waals surface area contributed by atoms with Gasteiger partial charge in [-0.1, -0.05) is 30.3 Å². The number of aryl methyl sites for hydroxylation is 2. The molecule has 4 aromatic rings. The van der Waals surface area contributed by atoms with Crippen molar-refractivity contribution in [2.75, 3.05) is 6.54 Å². The van der Waals surface area contributed by atoms with Gasteiger partial charge in [0.1, 0.15) is 5.65 Å². The molecule has 1 unspecified atom stereocenters. The Morgan fingerprint density at radius 2 is 1.67 bits per heavy atom. The number of hydrogen-bond acceptors (Lipinski definition) is 4. The van der Waals surface area contributed by atoms with Crippen LogP contribution < -0.4 is 0 Å². The maximum atomic E-state index is 12.6. The van der Waals surface area contributed by atoms with E-state index in [9.17, 15) is 8.42 Å². The van der Waals surface area contributed by atoms with Gasteiger partial charge in [-0.25, -0.2) is 13.4 Å². The highest BCUT2D eigenvalue weighted by Gasteiger charge is 2.38. The largest absolute Gasteiger partial charge is 0.346 e. The molecule has 1 aliphatic heterocycles. The summed E-state index contributed by atoms with van der Waals surface area (Å²) in [7, 11) is -3.18. The number of H-pyrrole nitrogens is 1. The SMILES string of the molecule is C[C@@H]1CCCN1C1(C)CCc2ccc(-c3cnc4[nH]cc(-c5ccc(S(=O)(=O)C6CC6)cc5)c4c3)cc2CC1. The van der Waals surface area contributed by atoms with E-state index in [1.54, 1.807) is 12.1 Å². The summed E-state index contributed by atoms with van der Waals surface area (Å²) in [6, 6.07) is 17.2. The summed E-state index contributed by atoms with van der Waals surface area (Å²) < 4.78 is 25.3. The van der Waals surface area contributed by atoms with Gasteiger partial charge in [0.15, 0.2) is 9.84 Å². The molecule has 5 nitrogen and oxygen atoms in total. The number of rotatable bonds is 5. The van der Waals surface area contributed by atoms with Crippen molar-refractivity contribution in [2.24, 2.45) is 0 Å². The van der Waals surface area contributed by atoms with Gasteiger partial charge in [0.05, 0.1) is 10.1 Å². The molecule has 1 N–H and O–H groups in total. The average Bonchev–Trinajstić information content (AvgIpc) is 3.64. The maximum absolute atomic E-state index is 12.6. The lowest BCUT2D eigenvalue weighted by molar-refractivity contribution is 0.0821. The zero-order valence-electron chi connectivity index (χ0n) is 22.9. The maximum Gasteiger partial charge on any atom is 0.181 e. The predicted molar refractivity (Wildman–Crippen MR) is 158 cm³/mol. The third-order valence-corrected chi connectivity index (χ3v) is 11.9. The van der Waals surface area contributed by atoms with Crippen LogP contribution in [-0.2, 0) is 22.7 Å². The molecule has 0 amide bonds. The van der Waals surface area contributed by atoms with E-state index in [0.29, 0.717) is 10.9 Å². The van der Waals surface area contributed by atoms with E-state index >= 15 is 0 Å². The Bertz CT molecular complexity index is 1650. The fourth-order valence-corrected chi connectivity index (χ4v) is 8.69. The van der Waals surface area contributed by atoms with Gasteiger partial charge in [-0.05, 0) is 112 Å². The minimum atomic E-state index is -3.18. The average molecular weight is 540 g/mol. The number of nitrogens with zero attached hydrogens (tertiary/aromatic N) is 2. The van der Waals surface area contributed by atoms with E-state index < -0.39 is 9.84 Å². The fraction of sp³-hybridized carbons (Fsp3) is 0.424. The zero-order chi connectivity index (χ0) is 26.8. The van der Waals surface area contributed by atoms with E-state index in [1.807, 2.05) is 24.5 Å². The van der Waals surface area contributed by atoms with Crippen LogP contribution in [0.3, 0.4) is 0 Å². The number of aromatic nitrogens is 2. The van der Waals surface area contributed by atoms with Crippen molar-refractivity contribution in [3.63, 3.8) is 0 Å². The number of aromatic amines is 1. The Labute approximate surface area is 231 Å². The fourth-order valence-electron chi connectivity index (χ4n) is 7.03. The second-order valence-corrected chi connectivity index (χ2v) is 14.5. The number of sulfone groups is 1. The van der Waals surface area contributed by atoms with Crippen molar-refractivity contribution in [3.05, 3.63) is 72.1 Å². The van der Waals surface area contributed by atoms with Crippen molar-refractivity contribution in [2.45, 2.75) is 86.9 Å². The van der Waals surface area contributed by atoms with Crippen LogP contribution in [0, 0.1) is 0 Å². The Morgan fingerprint density at radius 3 is 2.38 bits per heavy atom. The number of hydrogen-bond donors (Lipinski definition) is 1. The summed E-state index contributed by atoms with van der Waals surface area (Å²) in [4.78, 5) is 11.3. The normalized spacial score (nSPS) is 24.1. The molecule has 3 aliphatic rings. The molecular weight excluding hydrogens is 502 g/mol.